The van der Waals surface area contributed by atoms with Crippen molar-refractivity contribution < 1.29 is 0 Å². The Balaban J connectivity index is 2.57. The Morgan fingerprint density at radius 1 is 1.64 bits per heavy atom. The van der Waals surface area contributed by atoms with Crippen LogP contribution in [0.1, 0.15) is 25.1 Å². The van der Waals surface area contributed by atoms with E-state index in [1.54, 1.807) is 0 Å². The van der Waals surface area contributed by atoms with Gasteiger partial charge in [0.1, 0.15) is 0 Å². The third kappa shape index (κ3) is 2.82. The first-order valence-corrected chi connectivity index (χ1v) is 5.12. The zero-order chi connectivity index (χ0) is 10.6. The molecule has 3 N–H and O–H groups in total. The molecule has 0 aliphatic carbocycles. The highest BCUT2D eigenvalue weighted by molar-refractivity contribution is 5.16. The van der Waals surface area contributed by atoms with Gasteiger partial charge >= 0.3 is 0 Å². The lowest BCUT2D eigenvalue weighted by Gasteiger charge is -2.10. The second kappa shape index (κ2) is 5.12. The predicted octanol–water partition coefficient (Wildman–Crippen LogP) is 0.419. The first kappa shape index (κ1) is 11.2. The smallest absolute Gasteiger partial charge is 0.0666 e. The summed E-state index contributed by atoms with van der Waals surface area (Å²) in [5, 5.41) is 7.74. The van der Waals surface area contributed by atoms with Crippen LogP contribution in [0.3, 0.4) is 0 Å². The largest absolute Gasteiger partial charge is 0.329 e. The number of nitrogens with two attached hydrogens (primary N) is 1. The summed E-state index contributed by atoms with van der Waals surface area (Å²) >= 11 is 0. The lowest BCUT2D eigenvalue weighted by molar-refractivity contribution is 0.554. The van der Waals surface area contributed by atoms with E-state index >= 15 is 0 Å². The van der Waals surface area contributed by atoms with Gasteiger partial charge in [0.2, 0.25) is 0 Å². The van der Waals surface area contributed by atoms with E-state index < -0.39 is 0 Å². The molecule has 1 heterocycles. The van der Waals surface area contributed by atoms with Crippen molar-refractivity contribution in [2.45, 2.75) is 32.9 Å². The SMILES string of the molecule is CCc1nn(C)cc1CNC(C)CN. The molecule has 4 heteroatoms. The summed E-state index contributed by atoms with van der Waals surface area (Å²) in [5.74, 6) is 0. The maximum Gasteiger partial charge on any atom is 0.0666 e. The van der Waals surface area contributed by atoms with Gasteiger partial charge in [-0.1, -0.05) is 6.92 Å². The summed E-state index contributed by atoms with van der Waals surface area (Å²) in [4.78, 5) is 0. The molecular weight excluding hydrogens is 176 g/mol. The Morgan fingerprint density at radius 2 is 2.36 bits per heavy atom. The molecule has 14 heavy (non-hydrogen) atoms. The Labute approximate surface area is 85.5 Å². The van der Waals surface area contributed by atoms with Gasteiger partial charge in [-0.05, 0) is 13.3 Å². The summed E-state index contributed by atoms with van der Waals surface area (Å²) in [7, 11) is 1.95. The molecule has 0 bridgehead atoms. The quantitative estimate of drug-likeness (QED) is 0.717. The summed E-state index contributed by atoms with van der Waals surface area (Å²) in [6, 6.07) is 0.361. The molecule has 1 unspecified atom stereocenters. The van der Waals surface area contributed by atoms with Gasteiger partial charge in [0.25, 0.3) is 0 Å². The monoisotopic (exact) mass is 196 g/mol. The average Bonchev–Trinajstić information content (AvgIpc) is 2.55. The summed E-state index contributed by atoms with van der Waals surface area (Å²) in [6.45, 7) is 5.73. The zero-order valence-electron chi connectivity index (χ0n) is 9.25. The molecule has 0 saturated carbocycles. The second-order valence-electron chi connectivity index (χ2n) is 3.65. The van der Waals surface area contributed by atoms with Crippen LogP contribution in [-0.2, 0) is 20.0 Å². The fraction of sp³-hybridized carbons (Fsp3) is 0.700. The van der Waals surface area contributed by atoms with Crippen LogP contribution in [0.25, 0.3) is 0 Å². The molecule has 0 aliphatic rings. The minimum absolute atomic E-state index is 0.361. The van der Waals surface area contributed by atoms with Gasteiger partial charge in [-0.3, -0.25) is 4.68 Å². The van der Waals surface area contributed by atoms with Crippen LogP contribution in [0.5, 0.6) is 0 Å². The van der Waals surface area contributed by atoms with Crippen molar-refractivity contribution in [2.24, 2.45) is 12.8 Å². The van der Waals surface area contributed by atoms with E-state index in [-0.39, 0.29) is 0 Å². The molecule has 4 nitrogen and oxygen atoms in total. The molecule has 0 amide bonds. The first-order chi connectivity index (χ1) is 6.67. The van der Waals surface area contributed by atoms with Crippen molar-refractivity contribution in [3.63, 3.8) is 0 Å². The first-order valence-electron chi connectivity index (χ1n) is 5.12. The number of nitrogens with one attached hydrogen (secondary N) is 1. The van der Waals surface area contributed by atoms with Crippen LogP contribution in [0.15, 0.2) is 6.20 Å². The van der Waals surface area contributed by atoms with Gasteiger partial charge in [0.05, 0.1) is 5.69 Å². The second-order valence-corrected chi connectivity index (χ2v) is 3.65. The van der Waals surface area contributed by atoms with E-state index in [0.717, 1.165) is 13.0 Å². The van der Waals surface area contributed by atoms with Crippen molar-refractivity contribution in [1.82, 2.24) is 15.1 Å². The van der Waals surface area contributed by atoms with Crippen molar-refractivity contribution >= 4 is 0 Å². The van der Waals surface area contributed by atoms with Crippen LogP contribution < -0.4 is 11.1 Å². The number of hydrogen-bond acceptors (Lipinski definition) is 3. The Morgan fingerprint density at radius 3 is 2.93 bits per heavy atom. The highest BCUT2D eigenvalue weighted by atomic mass is 15.3. The van der Waals surface area contributed by atoms with Gasteiger partial charge < -0.3 is 11.1 Å². The van der Waals surface area contributed by atoms with E-state index in [9.17, 15) is 0 Å². The summed E-state index contributed by atoms with van der Waals surface area (Å²) in [6.07, 6.45) is 3.05. The molecule has 0 aromatic carbocycles. The highest BCUT2D eigenvalue weighted by Crippen LogP contribution is 2.06. The zero-order valence-corrected chi connectivity index (χ0v) is 9.25. The van der Waals surface area contributed by atoms with Gasteiger partial charge in [-0.2, -0.15) is 5.10 Å². The molecule has 0 aliphatic heterocycles. The fourth-order valence-electron chi connectivity index (χ4n) is 1.40. The van der Waals surface area contributed by atoms with E-state index in [0.29, 0.717) is 12.6 Å². The van der Waals surface area contributed by atoms with Crippen LogP contribution >= 0.6 is 0 Å². The van der Waals surface area contributed by atoms with Crippen LogP contribution in [0.4, 0.5) is 0 Å². The predicted molar refractivity (Wildman–Crippen MR) is 57.9 cm³/mol. The van der Waals surface area contributed by atoms with Crippen molar-refractivity contribution in [3.05, 3.63) is 17.5 Å². The van der Waals surface area contributed by atoms with E-state index in [1.165, 1.54) is 11.3 Å². The molecule has 1 aromatic heterocycles. The number of rotatable bonds is 5. The van der Waals surface area contributed by atoms with Gasteiger partial charge in [0.15, 0.2) is 0 Å². The van der Waals surface area contributed by atoms with Gasteiger partial charge in [0, 0.05) is 37.9 Å². The summed E-state index contributed by atoms with van der Waals surface area (Å²) in [5.41, 5.74) is 7.97. The lowest BCUT2D eigenvalue weighted by atomic mass is 10.2. The third-order valence-electron chi connectivity index (χ3n) is 2.32. The molecule has 1 atom stereocenters. The van der Waals surface area contributed by atoms with Crippen molar-refractivity contribution in [3.8, 4) is 0 Å². The highest BCUT2D eigenvalue weighted by Gasteiger charge is 2.06. The lowest BCUT2D eigenvalue weighted by Crippen LogP contribution is -2.32. The average molecular weight is 196 g/mol. The molecule has 0 radical (unpaired) electrons. The molecular formula is C10H20N4. The van der Waals surface area contributed by atoms with Crippen LogP contribution in [0, 0.1) is 0 Å². The van der Waals surface area contributed by atoms with Gasteiger partial charge in [-0.25, -0.2) is 0 Å². The van der Waals surface area contributed by atoms with Crippen molar-refractivity contribution in [1.29, 1.82) is 0 Å². The maximum atomic E-state index is 5.53. The fourth-order valence-corrected chi connectivity index (χ4v) is 1.40. The van der Waals surface area contributed by atoms with Crippen LogP contribution in [-0.4, -0.2) is 22.4 Å². The van der Waals surface area contributed by atoms with Crippen molar-refractivity contribution in [2.75, 3.05) is 6.54 Å². The number of aryl methyl sites for hydroxylation is 2. The third-order valence-corrected chi connectivity index (χ3v) is 2.32. The van der Waals surface area contributed by atoms with E-state index in [4.69, 9.17) is 5.73 Å². The standard InChI is InChI=1S/C10H20N4/c1-4-10-9(7-14(3)13-10)6-12-8(2)5-11/h7-8,12H,4-6,11H2,1-3H3. The molecule has 0 saturated heterocycles. The number of aromatic nitrogens is 2. The maximum absolute atomic E-state index is 5.53. The van der Waals surface area contributed by atoms with Crippen LogP contribution in [0.2, 0.25) is 0 Å². The van der Waals surface area contributed by atoms with E-state index in [2.05, 4.69) is 30.5 Å². The molecule has 80 valence electrons. The molecule has 1 rings (SSSR count). The Hall–Kier alpha value is -0.870. The Kier molecular flexibility index (Phi) is 4.10. The molecule has 0 fully saturated rings. The molecule has 1 aromatic rings. The van der Waals surface area contributed by atoms with E-state index in [1.807, 2.05) is 11.7 Å². The molecule has 0 spiro atoms. The number of hydrogen-bond donors (Lipinski definition) is 2. The summed E-state index contributed by atoms with van der Waals surface area (Å²) < 4.78 is 1.86. The normalized spacial score (nSPS) is 13.1. The number of nitrogens with zero attached hydrogens (tertiary/aromatic N) is 2. The minimum atomic E-state index is 0.361. The van der Waals surface area contributed by atoms with Gasteiger partial charge in [-0.15, -0.1) is 0 Å². The topological polar surface area (TPSA) is 55.9 Å². The minimum Gasteiger partial charge on any atom is -0.329 e. The Bertz CT molecular complexity index is 280.